The van der Waals surface area contributed by atoms with E-state index in [0.717, 1.165) is 10.6 Å². The van der Waals surface area contributed by atoms with Crippen molar-refractivity contribution < 1.29 is 14.7 Å². The third-order valence-electron chi connectivity index (χ3n) is 2.67. The minimum atomic E-state index is -1.10. The van der Waals surface area contributed by atoms with Crippen molar-refractivity contribution in [2.24, 2.45) is 5.10 Å². The van der Waals surface area contributed by atoms with Crippen LogP contribution in [-0.2, 0) is 9.59 Å². The molecular formula is C12H11ClN2O3. The van der Waals surface area contributed by atoms with Crippen LogP contribution in [0.3, 0.4) is 0 Å². The van der Waals surface area contributed by atoms with E-state index in [-0.39, 0.29) is 24.5 Å². The highest BCUT2D eigenvalue weighted by Crippen LogP contribution is 2.25. The number of nitrogens with zero attached hydrogens (tertiary/aromatic N) is 2. The maximum atomic E-state index is 11.8. The number of carbonyl (C=O) groups is 2. The van der Waals surface area contributed by atoms with Crippen LogP contribution in [-0.4, -0.2) is 22.7 Å². The van der Waals surface area contributed by atoms with Crippen molar-refractivity contribution in [1.29, 1.82) is 0 Å². The third-order valence-corrected chi connectivity index (χ3v) is 3.09. The fourth-order valence-corrected chi connectivity index (χ4v) is 1.79. The second-order valence-corrected chi connectivity index (χ2v) is 4.40. The van der Waals surface area contributed by atoms with Crippen molar-refractivity contribution in [3.05, 3.63) is 28.8 Å². The summed E-state index contributed by atoms with van der Waals surface area (Å²) in [6.07, 6.45) is 0.310. The monoisotopic (exact) mass is 266 g/mol. The topological polar surface area (TPSA) is 70.0 Å². The summed E-state index contributed by atoms with van der Waals surface area (Å²) >= 11 is 5.90. The van der Waals surface area contributed by atoms with E-state index in [9.17, 15) is 9.59 Å². The van der Waals surface area contributed by atoms with Gasteiger partial charge >= 0.3 is 5.97 Å². The predicted octanol–water partition coefficient (Wildman–Crippen LogP) is 2.22. The molecule has 1 aromatic carbocycles. The molecular weight excluding hydrogens is 256 g/mol. The minimum Gasteiger partial charge on any atom is -0.477 e. The number of carboxylic acids is 1. The number of benzene rings is 1. The van der Waals surface area contributed by atoms with Crippen molar-refractivity contribution in [2.75, 3.05) is 5.01 Å². The first kappa shape index (κ1) is 12.6. The summed E-state index contributed by atoms with van der Waals surface area (Å²) in [7, 11) is 0. The number of hydrazone groups is 1. The van der Waals surface area contributed by atoms with Gasteiger partial charge in [-0.2, -0.15) is 5.10 Å². The molecule has 6 heteroatoms. The first-order valence-corrected chi connectivity index (χ1v) is 5.76. The van der Waals surface area contributed by atoms with Gasteiger partial charge in [0.25, 0.3) is 0 Å². The molecule has 1 aliphatic heterocycles. The lowest BCUT2D eigenvalue weighted by Gasteiger charge is -2.22. The van der Waals surface area contributed by atoms with Crippen LogP contribution in [0, 0.1) is 6.92 Å². The molecule has 0 saturated carbocycles. The Kier molecular flexibility index (Phi) is 3.34. The number of amides is 1. The number of hydrogen-bond acceptors (Lipinski definition) is 3. The van der Waals surface area contributed by atoms with Gasteiger partial charge in [-0.05, 0) is 30.7 Å². The van der Waals surface area contributed by atoms with E-state index >= 15 is 0 Å². The summed E-state index contributed by atoms with van der Waals surface area (Å²) < 4.78 is 0. The molecule has 1 aliphatic rings. The van der Waals surface area contributed by atoms with Crippen LogP contribution in [0.25, 0.3) is 0 Å². The average Bonchev–Trinajstić information content (AvgIpc) is 2.33. The maximum Gasteiger partial charge on any atom is 0.352 e. The Hall–Kier alpha value is -1.88. The molecule has 1 N–H and O–H groups in total. The number of aliphatic carboxylic acids is 1. The fourth-order valence-electron chi connectivity index (χ4n) is 1.67. The molecule has 94 valence electrons. The van der Waals surface area contributed by atoms with Gasteiger partial charge in [0.15, 0.2) is 0 Å². The number of carbonyl (C=O) groups excluding carboxylic acids is 1. The summed E-state index contributed by atoms with van der Waals surface area (Å²) in [4.78, 5) is 22.6. The summed E-state index contributed by atoms with van der Waals surface area (Å²) in [5, 5.41) is 14.5. The van der Waals surface area contributed by atoms with Gasteiger partial charge in [0.05, 0.1) is 5.69 Å². The number of hydrogen-bond donors (Lipinski definition) is 1. The Bertz CT molecular complexity index is 554. The molecule has 1 aromatic rings. The molecule has 0 unspecified atom stereocenters. The Labute approximate surface area is 109 Å². The smallest absolute Gasteiger partial charge is 0.352 e. The highest BCUT2D eigenvalue weighted by Gasteiger charge is 2.25. The number of carboxylic acid groups (broad SMARTS) is 1. The standard InChI is InChI=1S/C12H11ClN2O3/c1-7-6-8(2-3-9(7)13)15-11(16)5-4-10(14-15)12(17)18/h2-3,6H,4-5H2,1H3,(H,17,18). The predicted molar refractivity (Wildman–Crippen MR) is 68.0 cm³/mol. The molecule has 0 aromatic heterocycles. The molecule has 0 spiro atoms. The van der Waals surface area contributed by atoms with Crippen molar-refractivity contribution >= 4 is 34.9 Å². The molecule has 0 fully saturated rings. The maximum absolute atomic E-state index is 11.8. The van der Waals surface area contributed by atoms with Crippen LogP contribution in [0.15, 0.2) is 23.3 Å². The van der Waals surface area contributed by atoms with Crippen LogP contribution in [0.5, 0.6) is 0 Å². The minimum absolute atomic E-state index is 0.0118. The summed E-state index contributed by atoms with van der Waals surface area (Å²) in [6, 6.07) is 5.00. The Morgan fingerprint density at radius 1 is 1.44 bits per heavy atom. The van der Waals surface area contributed by atoms with E-state index in [1.165, 1.54) is 0 Å². The second-order valence-electron chi connectivity index (χ2n) is 3.99. The number of halogens is 1. The highest BCUT2D eigenvalue weighted by atomic mass is 35.5. The zero-order valence-corrected chi connectivity index (χ0v) is 10.4. The number of aryl methyl sites for hydroxylation is 1. The van der Waals surface area contributed by atoms with E-state index in [0.29, 0.717) is 10.7 Å². The summed E-state index contributed by atoms with van der Waals surface area (Å²) in [5.74, 6) is -1.32. The third kappa shape index (κ3) is 2.36. The highest BCUT2D eigenvalue weighted by molar-refractivity contribution is 6.37. The van der Waals surface area contributed by atoms with Crippen LogP contribution >= 0.6 is 11.6 Å². The van der Waals surface area contributed by atoms with Gasteiger partial charge in [0.1, 0.15) is 5.71 Å². The zero-order valence-electron chi connectivity index (χ0n) is 9.68. The molecule has 1 heterocycles. The van der Waals surface area contributed by atoms with Crippen molar-refractivity contribution in [1.82, 2.24) is 0 Å². The first-order valence-electron chi connectivity index (χ1n) is 5.39. The quantitative estimate of drug-likeness (QED) is 0.892. The first-order chi connectivity index (χ1) is 8.49. The van der Waals surface area contributed by atoms with Crippen LogP contribution in [0.2, 0.25) is 5.02 Å². The number of rotatable bonds is 2. The van der Waals surface area contributed by atoms with E-state index in [4.69, 9.17) is 16.7 Å². The molecule has 0 saturated heterocycles. The summed E-state index contributed by atoms with van der Waals surface area (Å²) in [5.41, 5.74) is 1.32. The Balaban J connectivity index is 2.41. The van der Waals surface area contributed by atoms with Crippen molar-refractivity contribution in [2.45, 2.75) is 19.8 Å². The second kappa shape index (κ2) is 4.78. The van der Waals surface area contributed by atoms with Crippen molar-refractivity contribution in [3.8, 4) is 0 Å². The number of anilines is 1. The van der Waals surface area contributed by atoms with E-state index in [1.807, 2.05) is 6.92 Å². The van der Waals surface area contributed by atoms with Gasteiger partial charge in [-0.25, -0.2) is 9.80 Å². The molecule has 0 aliphatic carbocycles. The van der Waals surface area contributed by atoms with E-state index in [2.05, 4.69) is 5.10 Å². The van der Waals surface area contributed by atoms with Crippen LogP contribution in [0.1, 0.15) is 18.4 Å². The van der Waals surface area contributed by atoms with Gasteiger partial charge in [-0.3, -0.25) is 4.79 Å². The zero-order chi connectivity index (χ0) is 13.3. The SMILES string of the molecule is Cc1cc(N2N=C(C(=O)O)CCC2=O)ccc1Cl. The van der Waals surface area contributed by atoms with Gasteiger partial charge in [0, 0.05) is 17.9 Å². The van der Waals surface area contributed by atoms with Gasteiger partial charge in [0.2, 0.25) is 5.91 Å². The Morgan fingerprint density at radius 2 is 2.17 bits per heavy atom. The van der Waals surface area contributed by atoms with Gasteiger partial charge in [-0.1, -0.05) is 11.6 Å². The lowest BCUT2D eigenvalue weighted by molar-refractivity contribution is -0.129. The molecule has 2 rings (SSSR count). The van der Waals surface area contributed by atoms with Crippen molar-refractivity contribution in [3.63, 3.8) is 0 Å². The molecule has 5 nitrogen and oxygen atoms in total. The largest absolute Gasteiger partial charge is 0.477 e. The van der Waals surface area contributed by atoms with E-state index < -0.39 is 5.97 Å². The fraction of sp³-hybridized carbons (Fsp3) is 0.250. The van der Waals surface area contributed by atoms with E-state index in [1.54, 1.807) is 18.2 Å². The average molecular weight is 267 g/mol. The molecule has 1 amide bonds. The van der Waals surface area contributed by atoms with Gasteiger partial charge in [-0.15, -0.1) is 0 Å². The Morgan fingerprint density at radius 3 is 2.78 bits per heavy atom. The normalized spacial score (nSPS) is 15.6. The molecule has 0 bridgehead atoms. The van der Waals surface area contributed by atoms with Crippen LogP contribution in [0.4, 0.5) is 5.69 Å². The lowest BCUT2D eigenvalue weighted by Crippen LogP contribution is -2.34. The molecule has 18 heavy (non-hydrogen) atoms. The lowest BCUT2D eigenvalue weighted by atomic mass is 10.1. The van der Waals surface area contributed by atoms with Gasteiger partial charge < -0.3 is 5.11 Å². The molecule has 0 atom stereocenters. The summed E-state index contributed by atoms with van der Waals surface area (Å²) in [6.45, 7) is 1.81. The van der Waals surface area contributed by atoms with Crippen LogP contribution < -0.4 is 5.01 Å². The molecule has 0 radical (unpaired) electrons.